The van der Waals surface area contributed by atoms with Crippen LogP contribution in [0.2, 0.25) is 0 Å². The van der Waals surface area contributed by atoms with E-state index in [4.69, 9.17) is 9.31 Å². The van der Waals surface area contributed by atoms with E-state index in [2.05, 4.69) is 37.1 Å². The molecule has 0 aliphatic carbocycles. The lowest BCUT2D eigenvalue weighted by Gasteiger charge is -2.32. The van der Waals surface area contributed by atoms with Crippen molar-refractivity contribution < 1.29 is 9.31 Å². The molecule has 1 aromatic rings. The van der Waals surface area contributed by atoms with E-state index in [-0.39, 0.29) is 18.3 Å². The highest BCUT2D eigenvalue weighted by molar-refractivity contribution is 7.14. The topological polar surface area (TPSA) is 23.4 Å². The molecule has 1 fully saturated rings. The fourth-order valence-corrected chi connectivity index (χ4v) is 1.81. The summed E-state index contributed by atoms with van der Waals surface area (Å²) in [6.07, 6.45) is 3.96. The van der Waals surface area contributed by atoms with Gasteiger partial charge in [0.05, 0.1) is 11.2 Å². The van der Waals surface area contributed by atoms with E-state index in [1.807, 2.05) is 22.8 Å². The first kappa shape index (κ1) is 11.2. The molecule has 1 aromatic heterocycles. The summed E-state index contributed by atoms with van der Waals surface area (Å²) in [5.74, 6) is 0. The molecule has 0 saturated carbocycles. The lowest BCUT2D eigenvalue weighted by molar-refractivity contribution is 0.00578. The average molecular weight is 225 g/mol. The van der Waals surface area contributed by atoms with Crippen LogP contribution >= 0.6 is 9.39 Å². The number of hydrogen-bond acceptors (Lipinski definition) is 2. The van der Waals surface area contributed by atoms with Crippen molar-refractivity contribution >= 4 is 22.0 Å². The molecule has 3 nitrogen and oxygen atoms in total. The van der Waals surface area contributed by atoms with Gasteiger partial charge in [-0.2, -0.15) is 0 Å². The molecule has 0 N–H and O–H groups in total. The fraction of sp³-hybridized carbons (Fsp3) is 0.600. The third-order valence-electron chi connectivity index (χ3n) is 3.26. The lowest BCUT2D eigenvalue weighted by atomic mass is 9.81. The van der Waals surface area contributed by atoms with Gasteiger partial charge in [-0.3, -0.25) is 0 Å². The second kappa shape index (κ2) is 3.34. The van der Waals surface area contributed by atoms with Gasteiger partial charge in [0.1, 0.15) is 0 Å². The van der Waals surface area contributed by atoms with E-state index in [0.29, 0.717) is 0 Å². The van der Waals surface area contributed by atoms with E-state index in [0.717, 1.165) is 5.46 Å². The third-order valence-corrected chi connectivity index (χ3v) is 3.58. The van der Waals surface area contributed by atoms with Crippen LogP contribution in [0.4, 0.5) is 0 Å². The highest BCUT2D eigenvalue weighted by atomic mass is 31.0. The summed E-state index contributed by atoms with van der Waals surface area (Å²) in [7, 11) is 2.34. The summed E-state index contributed by atoms with van der Waals surface area (Å²) in [4.78, 5) is 0. The predicted molar refractivity (Wildman–Crippen MR) is 65.3 cm³/mol. The van der Waals surface area contributed by atoms with Gasteiger partial charge in [0, 0.05) is 17.9 Å². The van der Waals surface area contributed by atoms with Crippen LogP contribution in [0.5, 0.6) is 0 Å². The molecule has 5 heteroatoms. The second-order valence-electron chi connectivity index (χ2n) is 4.98. The lowest BCUT2D eigenvalue weighted by Crippen LogP contribution is -2.41. The van der Waals surface area contributed by atoms with Gasteiger partial charge in [0.15, 0.2) is 0 Å². The molecule has 0 bridgehead atoms. The molecular weight excluding hydrogens is 208 g/mol. The van der Waals surface area contributed by atoms with Gasteiger partial charge in [0.25, 0.3) is 0 Å². The number of nitrogens with zero attached hydrogens (tertiary/aromatic N) is 1. The largest absolute Gasteiger partial charge is 0.496 e. The monoisotopic (exact) mass is 225 g/mol. The van der Waals surface area contributed by atoms with Crippen LogP contribution < -0.4 is 5.46 Å². The maximum absolute atomic E-state index is 5.92. The summed E-state index contributed by atoms with van der Waals surface area (Å²) in [6.45, 7) is 8.24. The molecule has 0 radical (unpaired) electrons. The van der Waals surface area contributed by atoms with E-state index in [9.17, 15) is 0 Å². The van der Waals surface area contributed by atoms with Crippen molar-refractivity contribution in [3.8, 4) is 0 Å². The summed E-state index contributed by atoms with van der Waals surface area (Å²) in [6, 6.07) is 2.01. The Hall–Kier alpha value is -0.305. The standard InChI is InChI=1S/C10H17BNO2P/c1-9(2)10(3,4)14-11(13-9)8-5-6-12(15)7-8/h5-7H,15H2,1-4H3. The van der Waals surface area contributed by atoms with Crippen LogP contribution in [-0.2, 0) is 9.31 Å². The maximum atomic E-state index is 5.92. The molecule has 15 heavy (non-hydrogen) atoms. The van der Waals surface area contributed by atoms with Crippen LogP contribution in [0, 0.1) is 0 Å². The normalized spacial score (nSPS) is 23.4. The van der Waals surface area contributed by atoms with Gasteiger partial charge >= 0.3 is 7.12 Å². The zero-order valence-electron chi connectivity index (χ0n) is 9.65. The number of rotatable bonds is 1. The smallest absolute Gasteiger partial charge is 0.399 e. The molecule has 2 heterocycles. The SMILES string of the molecule is CC1(C)OB(c2ccn(P)c2)OC1(C)C. The molecule has 1 aliphatic rings. The molecular formula is C10H17BNO2P. The molecule has 2 rings (SSSR count). The molecule has 82 valence electrons. The first-order chi connectivity index (χ1) is 6.82. The Morgan fingerprint density at radius 2 is 1.73 bits per heavy atom. The maximum Gasteiger partial charge on any atom is 0.496 e. The first-order valence-corrected chi connectivity index (χ1v) is 5.62. The second-order valence-corrected chi connectivity index (χ2v) is 5.58. The quantitative estimate of drug-likeness (QED) is 0.533. The van der Waals surface area contributed by atoms with Gasteiger partial charge in [-0.25, -0.2) is 0 Å². The van der Waals surface area contributed by atoms with Crippen molar-refractivity contribution in [2.45, 2.75) is 38.9 Å². The van der Waals surface area contributed by atoms with Gasteiger partial charge in [-0.1, -0.05) is 0 Å². The van der Waals surface area contributed by atoms with Crippen molar-refractivity contribution in [2.75, 3.05) is 0 Å². The highest BCUT2D eigenvalue weighted by Crippen LogP contribution is 2.36. The van der Waals surface area contributed by atoms with Gasteiger partial charge in [-0.15, -0.1) is 0 Å². The Morgan fingerprint density at radius 1 is 1.20 bits per heavy atom. The summed E-state index contributed by atoms with van der Waals surface area (Å²) in [5, 5.41) is 0. The van der Waals surface area contributed by atoms with Crippen LogP contribution in [-0.4, -0.2) is 22.7 Å². The third kappa shape index (κ3) is 1.86. The van der Waals surface area contributed by atoms with Crippen LogP contribution in [0.15, 0.2) is 18.5 Å². The minimum absolute atomic E-state index is 0.253. The molecule has 0 amide bonds. The van der Waals surface area contributed by atoms with E-state index < -0.39 is 0 Å². The van der Waals surface area contributed by atoms with Gasteiger partial charge in [-0.05, 0) is 43.2 Å². The first-order valence-electron chi connectivity index (χ1n) is 5.10. The van der Waals surface area contributed by atoms with Crippen molar-refractivity contribution in [2.24, 2.45) is 0 Å². The molecule has 1 atom stereocenters. The number of aromatic nitrogens is 1. The van der Waals surface area contributed by atoms with Crippen molar-refractivity contribution in [3.63, 3.8) is 0 Å². The van der Waals surface area contributed by atoms with E-state index >= 15 is 0 Å². The summed E-state index contributed by atoms with van der Waals surface area (Å²) in [5.41, 5.74) is 0.532. The Kier molecular flexibility index (Phi) is 2.49. The van der Waals surface area contributed by atoms with Crippen LogP contribution in [0.3, 0.4) is 0 Å². The van der Waals surface area contributed by atoms with Crippen LogP contribution in [0.1, 0.15) is 27.7 Å². The molecule has 1 aliphatic heterocycles. The molecule has 1 unspecified atom stereocenters. The zero-order chi connectivity index (χ0) is 11.3. The van der Waals surface area contributed by atoms with Crippen molar-refractivity contribution in [1.82, 2.24) is 4.34 Å². The predicted octanol–water partition coefficient (Wildman–Crippen LogP) is 1.43. The van der Waals surface area contributed by atoms with E-state index in [1.54, 1.807) is 0 Å². The highest BCUT2D eigenvalue weighted by Gasteiger charge is 2.51. The van der Waals surface area contributed by atoms with Crippen molar-refractivity contribution in [3.05, 3.63) is 18.5 Å². The Bertz CT molecular complexity index is 359. The average Bonchev–Trinajstić information content (AvgIpc) is 2.56. The van der Waals surface area contributed by atoms with Gasteiger partial charge in [0.2, 0.25) is 0 Å². The minimum atomic E-state index is -0.263. The minimum Gasteiger partial charge on any atom is -0.399 e. The van der Waals surface area contributed by atoms with E-state index in [1.165, 1.54) is 0 Å². The summed E-state index contributed by atoms with van der Waals surface area (Å²) >= 11 is 0. The Labute approximate surface area is 93.5 Å². The fourth-order valence-electron chi connectivity index (χ4n) is 1.55. The summed E-state index contributed by atoms with van der Waals surface area (Å²) < 4.78 is 13.8. The molecule has 0 aromatic carbocycles. The Morgan fingerprint density at radius 3 is 2.13 bits per heavy atom. The number of hydrogen-bond donors (Lipinski definition) is 0. The molecule has 1 saturated heterocycles. The molecule has 0 spiro atoms. The Balaban J connectivity index is 2.23. The van der Waals surface area contributed by atoms with Crippen LogP contribution in [0.25, 0.3) is 0 Å². The zero-order valence-corrected chi connectivity index (χ0v) is 10.8. The van der Waals surface area contributed by atoms with Crippen molar-refractivity contribution in [1.29, 1.82) is 0 Å². The van der Waals surface area contributed by atoms with Gasteiger partial charge < -0.3 is 13.6 Å².